The van der Waals surface area contributed by atoms with Crippen LogP contribution in [0.25, 0.3) is 11.4 Å². The van der Waals surface area contributed by atoms with Crippen LogP contribution in [0.2, 0.25) is 0 Å². The van der Waals surface area contributed by atoms with Crippen molar-refractivity contribution in [2.75, 3.05) is 31.6 Å². The lowest BCUT2D eigenvalue weighted by molar-refractivity contribution is 0.399. The minimum absolute atomic E-state index is 0.687. The fourth-order valence-corrected chi connectivity index (χ4v) is 2.82. The van der Waals surface area contributed by atoms with Crippen molar-refractivity contribution in [1.82, 2.24) is 20.5 Å². The van der Waals surface area contributed by atoms with Crippen LogP contribution in [-0.4, -0.2) is 41.9 Å². The van der Waals surface area contributed by atoms with Crippen molar-refractivity contribution >= 4 is 5.95 Å². The Morgan fingerprint density at radius 3 is 3.00 bits per heavy atom. The zero-order valence-corrected chi connectivity index (χ0v) is 11.8. The summed E-state index contributed by atoms with van der Waals surface area (Å²) in [7, 11) is 2.01. The highest BCUT2D eigenvalue weighted by atomic mass is 15.4. The van der Waals surface area contributed by atoms with E-state index in [0.717, 1.165) is 37.0 Å². The average molecular weight is 271 g/mol. The third-order valence-electron chi connectivity index (χ3n) is 3.82. The van der Waals surface area contributed by atoms with Gasteiger partial charge in [0.15, 0.2) is 5.82 Å². The molecule has 106 valence electrons. The van der Waals surface area contributed by atoms with Gasteiger partial charge in [0.1, 0.15) is 0 Å². The molecule has 20 heavy (non-hydrogen) atoms. The number of nitrogens with zero attached hydrogens (tertiary/aromatic N) is 3. The molecule has 0 amide bonds. The zero-order valence-electron chi connectivity index (χ0n) is 11.8. The molecule has 1 aliphatic heterocycles. The maximum Gasteiger partial charge on any atom is 0.245 e. The minimum Gasteiger partial charge on any atom is -0.339 e. The van der Waals surface area contributed by atoms with Crippen LogP contribution in [0.3, 0.4) is 0 Å². The Labute approximate surface area is 119 Å². The van der Waals surface area contributed by atoms with Crippen molar-refractivity contribution in [3.8, 4) is 11.4 Å². The van der Waals surface area contributed by atoms with E-state index in [1.54, 1.807) is 0 Å². The number of anilines is 1. The summed E-state index contributed by atoms with van der Waals surface area (Å²) in [4.78, 5) is 6.92. The number of nitrogens with one attached hydrogen (secondary N) is 2. The number of benzene rings is 1. The fraction of sp³-hybridized carbons (Fsp3) is 0.467. The highest BCUT2D eigenvalue weighted by Crippen LogP contribution is 2.22. The molecule has 3 rings (SSSR count). The van der Waals surface area contributed by atoms with Gasteiger partial charge in [-0.2, -0.15) is 4.98 Å². The van der Waals surface area contributed by atoms with Gasteiger partial charge in [-0.3, -0.25) is 5.10 Å². The molecule has 0 aliphatic carbocycles. The molecular weight excluding hydrogens is 250 g/mol. The van der Waals surface area contributed by atoms with Crippen molar-refractivity contribution in [3.05, 3.63) is 30.3 Å². The van der Waals surface area contributed by atoms with E-state index in [2.05, 4.69) is 25.4 Å². The third-order valence-corrected chi connectivity index (χ3v) is 3.82. The average Bonchev–Trinajstić information content (AvgIpc) is 2.99. The van der Waals surface area contributed by atoms with Crippen LogP contribution < -0.4 is 10.2 Å². The third kappa shape index (κ3) is 2.82. The number of piperidine rings is 1. The normalized spacial score (nSPS) is 19.2. The lowest BCUT2D eigenvalue weighted by atomic mass is 9.98. The van der Waals surface area contributed by atoms with Gasteiger partial charge in [-0.05, 0) is 32.4 Å². The molecule has 5 nitrogen and oxygen atoms in total. The molecule has 2 aromatic rings. The molecule has 2 heterocycles. The van der Waals surface area contributed by atoms with Gasteiger partial charge in [-0.25, -0.2) is 0 Å². The van der Waals surface area contributed by atoms with Crippen LogP contribution in [0.1, 0.15) is 12.8 Å². The summed E-state index contributed by atoms with van der Waals surface area (Å²) in [6, 6.07) is 10.1. The van der Waals surface area contributed by atoms with Gasteiger partial charge in [0.25, 0.3) is 0 Å². The Bertz CT molecular complexity index is 534. The molecule has 1 saturated heterocycles. The van der Waals surface area contributed by atoms with Gasteiger partial charge in [0.2, 0.25) is 5.95 Å². The first-order chi connectivity index (χ1) is 9.86. The van der Waals surface area contributed by atoms with Crippen LogP contribution in [0.15, 0.2) is 30.3 Å². The quantitative estimate of drug-likeness (QED) is 0.892. The molecule has 5 heteroatoms. The Balaban J connectivity index is 1.73. The second-order valence-corrected chi connectivity index (χ2v) is 5.36. The van der Waals surface area contributed by atoms with Gasteiger partial charge in [-0.15, -0.1) is 5.10 Å². The van der Waals surface area contributed by atoms with Gasteiger partial charge >= 0.3 is 0 Å². The summed E-state index contributed by atoms with van der Waals surface area (Å²) in [5.41, 5.74) is 1.08. The molecule has 1 unspecified atom stereocenters. The van der Waals surface area contributed by atoms with Crippen molar-refractivity contribution in [1.29, 1.82) is 0 Å². The Morgan fingerprint density at radius 1 is 1.35 bits per heavy atom. The molecule has 2 N–H and O–H groups in total. The summed E-state index contributed by atoms with van der Waals surface area (Å²) in [5.74, 6) is 2.36. The van der Waals surface area contributed by atoms with E-state index in [9.17, 15) is 0 Å². The van der Waals surface area contributed by atoms with Crippen LogP contribution in [-0.2, 0) is 0 Å². The summed E-state index contributed by atoms with van der Waals surface area (Å²) in [6.45, 7) is 3.14. The summed E-state index contributed by atoms with van der Waals surface area (Å²) >= 11 is 0. The van der Waals surface area contributed by atoms with E-state index in [-0.39, 0.29) is 0 Å². The van der Waals surface area contributed by atoms with Crippen LogP contribution in [0, 0.1) is 5.92 Å². The van der Waals surface area contributed by atoms with Crippen LogP contribution >= 0.6 is 0 Å². The fourth-order valence-electron chi connectivity index (χ4n) is 2.82. The molecule has 1 atom stereocenters. The second-order valence-electron chi connectivity index (χ2n) is 5.36. The first kappa shape index (κ1) is 13.1. The number of aromatic nitrogens is 3. The number of rotatable bonds is 4. The smallest absolute Gasteiger partial charge is 0.245 e. The Hall–Kier alpha value is -1.88. The van der Waals surface area contributed by atoms with E-state index < -0.39 is 0 Å². The Kier molecular flexibility index (Phi) is 3.97. The van der Waals surface area contributed by atoms with Crippen molar-refractivity contribution in [2.24, 2.45) is 5.92 Å². The molecular formula is C15H21N5. The van der Waals surface area contributed by atoms with E-state index in [4.69, 9.17) is 0 Å². The predicted molar refractivity (Wildman–Crippen MR) is 80.7 cm³/mol. The van der Waals surface area contributed by atoms with Crippen LogP contribution in [0.5, 0.6) is 0 Å². The van der Waals surface area contributed by atoms with Gasteiger partial charge in [0.05, 0.1) is 0 Å². The number of aromatic amines is 1. The lowest BCUT2D eigenvalue weighted by Crippen LogP contribution is -2.39. The largest absolute Gasteiger partial charge is 0.339 e. The molecule has 0 radical (unpaired) electrons. The molecule has 1 aromatic heterocycles. The zero-order chi connectivity index (χ0) is 13.8. The van der Waals surface area contributed by atoms with Crippen molar-refractivity contribution in [2.45, 2.75) is 12.8 Å². The van der Waals surface area contributed by atoms with E-state index in [1.165, 1.54) is 12.8 Å². The number of H-pyrrole nitrogens is 1. The van der Waals surface area contributed by atoms with Gasteiger partial charge in [-0.1, -0.05) is 30.3 Å². The molecule has 0 spiro atoms. The van der Waals surface area contributed by atoms with E-state index in [1.807, 2.05) is 37.4 Å². The van der Waals surface area contributed by atoms with E-state index >= 15 is 0 Å². The second kappa shape index (κ2) is 6.05. The molecule has 0 bridgehead atoms. The summed E-state index contributed by atoms with van der Waals surface area (Å²) in [6.07, 6.45) is 2.49. The summed E-state index contributed by atoms with van der Waals surface area (Å²) < 4.78 is 0. The number of hydrogen-bond acceptors (Lipinski definition) is 4. The molecule has 0 saturated carbocycles. The maximum atomic E-state index is 4.64. The van der Waals surface area contributed by atoms with Crippen molar-refractivity contribution < 1.29 is 0 Å². The monoisotopic (exact) mass is 271 g/mol. The topological polar surface area (TPSA) is 56.8 Å². The molecule has 1 fully saturated rings. The van der Waals surface area contributed by atoms with Gasteiger partial charge in [0, 0.05) is 18.7 Å². The standard InChI is InChI=1S/C15H21N5/c1-16-10-12-6-5-9-20(11-12)15-17-14(18-19-15)13-7-3-2-4-8-13/h2-4,7-8,12,16H,5-6,9-11H2,1H3,(H,17,18,19). The van der Waals surface area contributed by atoms with E-state index in [0.29, 0.717) is 5.92 Å². The first-order valence-electron chi connectivity index (χ1n) is 7.24. The maximum absolute atomic E-state index is 4.64. The highest BCUT2D eigenvalue weighted by molar-refractivity contribution is 5.56. The first-order valence-corrected chi connectivity index (χ1v) is 7.24. The van der Waals surface area contributed by atoms with Crippen molar-refractivity contribution in [3.63, 3.8) is 0 Å². The summed E-state index contributed by atoms with van der Waals surface area (Å²) in [5, 5.41) is 10.7. The predicted octanol–water partition coefficient (Wildman–Crippen LogP) is 1.91. The van der Waals surface area contributed by atoms with Gasteiger partial charge < -0.3 is 10.2 Å². The minimum atomic E-state index is 0.687. The Morgan fingerprint density at radius 2 is 2.20 bits per heavy atom. The molecule has 1 aromatic carbocycles. The van der Waals surface area contributed by atoms with Crippen LogP contribution in [0.4, 0.5) is 5.95 Å². The SMILES string of the molecule is CNCC1CCCN(c2n[nH]c(-c3ccccc3)n2)C1. The lowest BCUT2D eigenvalue weighted by Gasteiger charge is -2.31. The highest BCUT2D eigenvalue weighted by Gasteiger charge is 2.22. The number of hydrogen-bond donors (Lipinski definition) is 2. The molecule has 1 aliphatic rings.